The highest BCUT2D eigenvalue weighted by Gasteiger charge is 2.58. The molecule has 5 aromatic rings. The first-order valence-electron chi connectivity index (χ1n) is 10.5. The molecule has 5 heterocycles. The SMILES string of the molecule is O=c1c2cccnc2ncn1Cc1nc([C@H]2[C@@H]3CN(c4ccc5ncsc5c4)C[C@@H]32)no1. The third-order valence-corrected chi connectivity index (χ3v) is 7.35. The van der Waals surface area contributed by atoms with Crippen LogP contribution in [-0.2, 0) is 6.54 Å². The van der Waals surface area contributed by atoms with Gasteiger partial charge >= 0.3 is 0 Å². The van der Waals surface area contributed by atoms with Gasteiger partial charge in [0.05, 0.1) is 21.1 Å². The van der Waals surface area contributed by atoms with Crippen molar-refractivity contribution in [2.24, 2.45) is 11.8 Å². The maximum absolute atomic E-state index is 12.7. The maximum atomic E-state index is 12.7. The lowest BCUT2D eigenvalue weighted by Gasteiger charge is -2.21. The fraction of sp³-hybridized carbons (Fsp3) is 0.273. The molecule has 1 saturated heterocycles. The minimum absolute atomic E-state index is 0.167. The Bertz CT molecular complexity index is 1530. The first kappa shape index (κ1) is 18.0. The Kier molecular flexibility index (Phi) is 3.74. The molecule has 0 bridgehead atoms. The first-order valence-corrected chi connectivity index (χ1v) is 11.3. The largest absolute Gasteiger partial charge is 0.371 e. The van der Waals surface area contributed by atoms with Crippen molar-refractivity contribution >= 4 is 38.3 Å². The molecule has 1 saturated carbocycles. The lowest BCUT2D eigenvalue weighted by atomic mass is 10.2. The van der Waals surface area contributed by atoms with Gasteiger partial charge in [-0.3, -0.25) is 9.36 Å². The van der Waals surface area contributed by atoms with Crippen LogP contribution in [0.15, 0.2) is 57.7 Å². The van der Waals surface area contributed by atoms with Crippen molar-refractivity contribution in [3.63, 3.8) is 0 Å². The summed E-state index contributed by atoms with van der Waals surface area (Å²) in [5.74, 6) is 2.56. The van der Waals surface area contributed by atoms with Crippen LogP contribution in [0.5, 0.6) is 0 Å². The molecule has 2 fully saturated rings. The first-order chi connectivity index (χ1) is 15.7. The number of piperidine rings is 1. The van der Waals surface area contributed by atoms with Crippen LogP contribution < -0.4 is 10.5 Å². The molecule has 4 aromatic heterocycles. The van der Waals surface area contributed by atoms with Crippen LogP contribution in [0.2, 0.25) is 0 Å². The number of benzene rings is 1. The standard InChI is InChI=1S/C22H17N7O2S/c30-22-13-2-1-5-23-20(13)24-10-29(22)9-18-26-21(27-31-18)19-14-7-28(8-15(14)19)12-3-4-16-17(6-12)32-11-25-16/h1-6,10-11,14-15,19H,7-9H2/t14-,15+,19+. The number of fused-ring (bicyclic) bond motifs is 3. The summed E-state index contributed by atoms with van der Waals surface area (Å²) in [4.78, 5) is 32.4. The Morgan fingerprint density at radius 1 is 1.12 bits per heavy atom. The summed E-state index contributed by atoms with van der Waals surface area (Å²) < 4.78 is 8.17. The van der Waals surface area contributed by atoms with E-state index < -0.39 is 0 Å². The van der Waals surface area contributed by atoms with Crippen LogP contribution in [0.25, 0.3) is 21.3 Å². The molecule has 7 rings (SSSR count). The lowest BCUT2D eigenvalue weighted by molar-refractivity contribution is 0.363. The smallest absolute Gasteiger partial charge is 0.263 e. The van der Waals surface area contributed by atoms with E-state index in [1.54, 1.807) is 29.7 Å². The molecule has 0 unspecified atom stereocenters. The van der Waals surface area contributed by atoms with E-state index >= 15 is 0 Å². The lowest BCUT2D eigenvalue weighted by Crippen LogP contribution is -2.23. The fourth-order valence-electron chi connectivity index (χ4n) is 4.88. The highest BCUT2D eigenvalue weighted by Crippen LogP contribution is 2.58. The predicted octanol–water partition coefficient (Wildman–Crippen LogP) is 2.68. The average Bonchev–Trinajstić information content (AvgIpc) is 3.30. The monoisotopic (exact) mass is 443 g/mol. The summed E-state index contributed by atoms with van der Waals surface area (Å²) in [6.45, 7) is 2.18. The van der Waals surface area contributed by atoms with Gasteiger partial charge in [-0.2, -0.15) is 4.98 Å². The van der Waals surface area contributed by atoms with E-state index in [1.807, 2.05) is 5.51 Å². The van der Waals surface area contributed by atoms with Gasteiger partial charge in [-0.15, -0.1) is 11.3 Å². The molecular formula is C22H17N7O2S. The number of hydrogen-bond donors (Lipinski definition) is 0. The Morgan fingerprint density at radius 2 is 2.03 bits per heavy atom. The summed E-state index contributed by atoms with van der Waals surface area (Å²) in [6, 6.07) is 9.92. The Labute approximate surface area is 185 Å². The van der Waals surface area contributed by atoms with Crippen molar-refractivity contribution in [3.8, 4) is 0 Å². The summed E-state index contributed by atoms with van der Waals surface area (Å²) >= 11 is 1.67. The van der Waals surface area contributed by atoms with E-state index in [0.29, 0.717) is 34.7 Å². The van der Waals surface area contributed by atoms with E-state index in [-0.39, 0.29) is 12.1 Å². The highest BCUT2D eigenvalue weighted by atomic mass is 32.1. The fourth-order valence-corrected chi connectivity index (χ4v) is 5.60. The van der Waals surface area contributed by atoms with Gasteiger partial charge in [0.25, 0.3) is 5.56 Å². The van der Waals surface area contributed by atoms with Crippen molar-refractivity contribution in [3.05, 3.63) is 70.4 Å². The van der Waals surface area contributed by atoms with Gasteiger partial charge in [-0.05, 0) is 42.2 Å². The van der Waals surface area contributed by atoms with Gasteiger partial charge in [-0.1, -0.05) is 5.16 Å². The quantitative estimate of drug-likeness (QED) is 0.418. The maximum Gasteiger partial charge on any atom is 0.263 e. The van der Waals surface area contributed by atoms with E-state index in [9.17, 15) is 4.79 Å². The number of pyridine rings is 1. The molecule has 10 heteroatoms. The second-order valence-corrected chi connectivity index (χ2v) is 9.25. The topological polar surface area (TPSA) is 103 Å². The normalized spacial score (nSPS) is 22.0. The summed E-state index contributed by atoms with van der Waals surface area (Å²) in [5, 5.41) is 4.70. The molecule has 32 heavy (non-hydrogen) atoms. The van der Waals surface area contributed by atoms with E-state index in [2.05, 4.69) is 48.2 Å². The van der Waals surface area contributed by atoms with Gasteiger partial charge in [0.1, 0.15) is 12.9 Å². The molecule has 1 aliphatic carbocycles. The van der Waals surface area contributed by atoms with Crippen molar-refractivity contribution < 1.29 is 4.52 Å². The molecule has 9 nitrogen and oxygen atoms in total. The number of anilines is 1. The van der Waals surface area contributed by atoms with E-state index in [1.165, 1.54) is 21.3 Å². The van der Waals surface area contributed by atoms with Crippen LogP contribution in [0.4, 0.5) is 5.69 Å². The van der Waals surface area contributed by atoms with Crippen molar-refractivity contribution in [2.45, 2.75) is 12.5 Å². The minimum Gasteiger partial charge on any atom is -0.371 e. The third-order valence-electron chi connectivity index (χ3n) is 6.56. The molecule has 3 atom stereocenters. The van der Waals surface area contributed by atoms with Crippen LogP contribution in [-0.4, -0.2) is 42.7 Å². The molecule has 0 amide bonds. The van der Waals surface area contributed by atoms with Crippen LogP contribution in [0.3, 0.4) is 0 Å². The van der Waals surface area contributed by atoms with Gasteiger partial charge in [0.2, 0.25) is 5.89 Å². The Morgan fingerprint density at radius 3 is 2.94 bits per heavy atom. The molecular weight excluding hydrogens is 426 g/mol. The van der Waals surface area contributed by atoms with Gasteiger partial charge in [0.15, 0.2) is 11.5 Å². The van der Waals surface area contributed by atoms with Crippen LogP contribution in [0.1, 0.15) is 17.6 Å². The Hall–Kier alpha value is -3.66. The molecule has 1 aromatic carbocycles. The molecule has 0 spiro atoms. The number of thiazole rings is 1. The highest BCUT2D eigenvalue weighted by molar-refractivity contribution is 7.16. The minimum atomic E-state index is -0.167. The Balaban J connectivity index is 1.06. The summed E-state index contributed by atoms with van der Waals surface area (Å²) in [5.41, 5.74) is 4.46. The van der Waals surface area contributed by atoms with E-state index in [4.69, 9.17) is 4.52 Å². The predicted molar refractivity (Wildman–Crippen MR) is 119 cm³/mol. The molecule has 158 valence electrons. The number of aromatic nitrogens is 6. The number of rotatable bonds is 4. The van der Waals surface area contributed by atoms with Gasteiger partial charge < -0.3 is 9.42 Å². The average molecular weight is 443 g/mol. The molecule has 0 radical (unpaired) electrons. The zero-order valence-corrected chi connectivity index (χ0v) is 17.6. The van der Waals surface area contributed by atoms with Gasteiger partial charge in [-0.25, -0.2) is 15.0 Å². The third kappa shape index (κ3) is 2.76. The van der Waals surface area contributed by atoms with Crippen molar-refractivity contribution in [1.82, 2.24) is 29.7 Å². The summed E-state index contributed by atoms with van der Waals surface area (Å²) in [6.07, 6.45) is 3.10. The molecule has 2 aliphatic rings. The molecule has 0 N–H and O–H groups in total. The van der Waals surface area contributed by atoms with Crippen molar-refractivity contribution in [2.75, 3.05) is 18.0 Å². The number of hydrogen-bond acceptors (Lipinski definition) is 9. The second-order valence-electron chi connectivity index (χ2n) is 8.36. The van der Waals surface area contributed by atoms with Gasteiger partial charge in [0, 0.05) is 30.9 Å². The molecule has 1 aliphatic heterocycles. The van der Waals surface area contributed by atoms with Crippen LogP contribution in [0, 0.1) is 11.8 Å². The summed E-state index contributed by atoms with van der Waals surface area (Å²) in [7, 11) is 0. The van der Waals surface area contributed by atoms with Crippen molar-refractivity contribution in [1.29, 1.82) is 0 Å². The van der Waals surface area contributed by atoms with E-state index in [0.717, 1.165) is 24.4 Å². The number of nitrogens with zero attached hydrogens (tertiary/aromatic N) is 7. The second kappa shape index (κ2) is 6.67. The zero-order chi connectivity index (χ0) is 21.2. The zero-order valence-electron chi connectivity index (χ0n) is 16.8. The van der Waals surface area contributed by atoms with Crippen LogP contribution >= 0.6 is 11.3 Å².